The molecule has 8 nitrogen and oxygen atoms in total. The molecule has 0 bridgehead atoms. The molecule has 0 aliphatic carbocycles. The van der Waals surface area contributed by atoms with Gasteiger partial charge in [0.1, 0.15) is 0 Å². The molecule has 1 fully saturated rings. The number of hydrogen-bond acceptors (Lipinski definition) is 8. The molecule has 2 N–H and O–H groups in total. The number of esters is 1. The van der Waals surface area contributed by atoms with Gasteiger partial charge in [-0.1, -0.05) is 0 Å². The van der Waals surface area contributed by atoms with Crippen LogP contribution in [0.25, 0.3) is 0 Å². The molecule has 0 saturated carbocycles. The molecule has 106 valence electrons. The van der Waals surface area contributed by atoms with Crippen molar-refractivity contribution in [2.75, 3.05) is 20.2 Å². The number of methoxy groups -OCH3 is 1. The van der Waals surface area contributed by atoms with Gasteiger partial charge in [-0.2, -0.15) is 4.31 Å². The van der Waals surface area contributed by atoms with Gasteiger partial charge in [0.25, 0.3) is 10.0 Å². The summed E-state index contributed by atoms with van der Waals surface area (Å²) in [4.78, 5) is 15.1. The van der Waals surface area contributed by atoms with Gasteiger partial charge in [0, 0.05) is 13.1 Å². The largest absolute Gasteiger partial charge is 0.464 e. The van der Waals surface area contributed by atoms with Gasteiger partial charge in [-0.15, -0.1) is 11.3 Å². The van der Waals surface area contributed by atoms with Crippen LogP contribution < -0.4 is 0 Å². The lowest BCUT2D eigenvalue weighted by Gasteiger charge is -2.14. The Morgan fingerprint density at radius 2 is 2.05 bits per heavy atom. The Balaban J connectivity index is 2.36. The van der Waals surface area contributed by atoms with Crippen molar-refractivity contribution in [1.29, 1.82) is 0 Å². The van der Waals surface area contributed by atoms with Crippen molar-refractivity contribution in [2.24, 2.45) is 0 Å². The maximum atomic E-state index is 12.3. The Bertz CT molecular complexity index is 573. The van der Waals surface area contributed by atoms with E-state index in [2.05, 4.69) is 9.72 Å². The number of β-amino-alcohol motifs (C(OH)–C–C–N with tert-alkyl or cyclic N) is 2. The molecule has 0 radical (unpaired) electrons. The Morgan fingerprint density at radius 3 is 2.58 bits per heavy atom. The van der Waals surface area contributed by atoms with Crippen LogP contribution >= 0.6 is 11.3 Å². The zero-order valence-corrected chi connectivity index (χ0v) is 11.5. The van der Waals surface area contributed by atoms with Crippen LogP contribution in [0.1, 0.15) is 10.5 Å². The highest BCUT2D eigenvalue weighted by Gasteiger charge is 2.40. The number of aromatic nitrogens is 1. The number of ether oxygens (including phenoxy) is 1. The smallest absolute Gasteiger partial charge is 0.358 e. The minimum Gasteiger partial charge on any atom is -0.464 e. The predicted molar refractivity (Wildman–Crippen MR) is 64.2 cm³/mol. The lowest BCUT2D eigenvalue weighted by atomic mass is 10.3. The highest BCUT2D eigenvalue weighted by atomic mass is 32.2. The Morgan fingerprint density at radius 1 is 1.47 bits per heavy atom. The summed E-state index contributed by atoms with van der Waals surface area (Å²) in [6.07, 6.45) is -2.27. The van der Waals surface area contributed by atoms with E-state index >= 15 is 0 Å². The third-order valence-electron chi connectivity index (χ3n) is 2.71. The number of hydrogen-bond donors (Lipinski definition) is 2. The number of rotatable bonds is 3. The lowest BCUT2D eigenvalue weighted by Crippen LogP contribution is -2.30. The van der Waals surface area contributed by atoms with Crippen molar-refractivity contribution in [2.45, 2.75) is 16.4 Å². The van der Waals surface area contributed by atoms with E-state index in [1.807, 2.05) is 0 Å². The zero-order valence-electron chi connectivity index (χ0n) is 9.88. The van der Waals surface area contributed by atoms with E-state index in [0.717, 1.165) is 22.8 Å². The molecule has 1 saturated heterocycles. The van der Waals surface area contributed by atoms with E-state index in [0.29, 0.717) is 0 Å². The molecule has 0 aromatic carbocycles. The average Bonchev–Trinajstić information content (AvgIpc) is 2.97. The second kappa shape index (κ2) is 5.13. The number of nitrogens with zero attached hydrogens (tertiary/aromatic N) is 2. The van der Waals surface area contributed by atoms with Gasteiger partial charge in [-0.25, -0.2) is 18.2 Å². The molecule has 2 heterocycles. The van der Waals surface area contributed by atoms with E-state index in [1.165, 1.54) is 5.51 Å². The van der Waals surface area contributed by atoms with Crippen LogP contribution in [-0.2, 0) is 14.8 Å². The predicted octanol–water partition coefficient (Wildman–Crippen LogP) is -1.34. The molecule has 10 heteroatoms. The molecule has 1 aromatic heterocycles. The first kappa shape index (κ1) is 14.3. The summed E-state index contributed by atoms with van der Waals surface area (Å²) in [7, 11) is -2.85. The van der Waals surface area contributed by atoms with Crippen molar-refractivity contribution in [3.63, 3.8) is 0 Å². The second-order valence-electron chi connectivity index (χ2n) is 3.94. The molecule has 0 spiro atoms. The first-order valence-electron chi connectivity index (χ1n) is 5.26. The van der Waals surface area contributed by atoms with Gasteiger partial charge >= 0.3 is 5.97 Å². The fourth-order valence-electron chi connectivity index (χ4n) is 1.70. The molecule has 1 aliphatic rings. The highest BCUT2D eigenvalue weighted by molar-refractivity contribution is 7.91. The minimum atomic E-state index is -3.98. The van der Waals surface area contributed by atoms with Gasteiger partial charge in [-0.05, 0) is 0 Å². The SMILES string of the molecule is COC(=O)c1ncsc1S(=O)(=O)N1C[C@@H](O)[C@@H](O)C1. The van der Waals surface area contributed by atoms with Crippen LogP contribution in [0.15, 0.2) is 9.72 Å². The number of sulfonamides is 1. The fraction of sp³-hybridized carbons (Fsp3) is 0.556. The summed E-state index contributed by atoms with van der Waals surface area (Å²) < 4.78 is 29.7. The number of aliphatic hydroxyl groups is 2. The molecule has 2 atom stereocenters. The molecule has 2 rings (SSSR count). The van der Waals surface area contributed by atoms with Crippen molar-refractivity contribution in [1.82, 2.24) is 9.29 Å². The summed E-state index contributed by atoms with van der Waals surface area (Å²) in [5.41, 5.74) is 0.936. The van der Waals surface area contributed by atoms with Gasteiger partial charge in [0.2, 0.25) is 0 Å². The number of aliphatic hydroxyl groups excluding tert-OH is 2. The van der Waals surface area contributed by atoms with Crippen LogP contribution in [0.3, 0.4) is 0 Å². The van der Waals surface area contributed by atoms with E-state index in [4.69, 9.17) is 0 Å². The summed E-state index contributed by atoms with van der Waals surface area (Å²) in [5.74, 6) is -0.847. The summed E-state index contributed by atoms with van der Waals surface area (Å²) in [5, 5.41) is 18.8. The van der Waals surface area contributed by atoms with Crippen LogP contribution in [0.2, 0.25) is 0 Å². The third kappa shape index (κ3) is 2.49. The zero-order chi connectivity index (χ0) is 14.2. The maximum absolute atomic E-state index is 12.3. The summed E-state index contributed by atoms with van der Waals surface area (Å²) >= 11 is 0.785. The molecular formula is C9H12N2O6S2. The van der Waals surface area contributed by atoms with Crippen LogP contribution in [0.5, 0.6) is 0 Å². The van der Waals surface area contributed by atoms with Gasteiger partial charge in [-0.3, -0.25) is 0 Å². The Hall–Kier alpha value is -1.07. The topological polar surface area (TPSA) is 117 Å². The molecule has 0 unspecified atom stereocenters. The normalized spacial score (nSPS) is 24.6. The fourth-order valence-corrected chi connectivity index (χ4v) is 4.45. The molecule has 19 heavy (non-hydrogen) atoms. The van der Waals surface area contributed by atoms with Crippen LogP contribution in [0, 0.1) is 0 Å². The van der Waals surface area contributed by atoms with E-state index in [9.17, 15) is 23.4 Å². The number of carbonyl (C=O) groups excluding carboxylic acids is 1. The van der Waals surface area contributed by atoms with Gasteiger partial charge in [0.05, 0.1) is 24.8 Å². The van der Waals surface area contributed by atoms with Crippen LogP contribution in [0.4, 0.5) is 0 Å². The average molecular weight is 308 g/mol. The molecule has 1 aromatic rings. The summed E-state index contributed by atoms with van der Waals surface area (Å²) in [6.45, 7) is -0.440. The first-order chi connectivity index (χ1) is 8.87. The van der Waals surface area contributed by atoms with E-state index in [-0.39, 0.29) is 23.0 Å². The van der Waals surface area contributed by atoms with E-state index < -0.39 is 28.2 Å². The minimum absolute atomic E-state index is 0.220. The quantitative estimate of drug-likeness (QED) is 0.663. The number of carbonyl (C=O) groups is 1. The van der Waals surface area contributed by atoms with Crippen molar-refractivity contribution >= 4 is 27.3 Å². The first-order valence-corrected chi connectivity index (χ1v) is 7.58. The lowest BCUT2D eigenvalue weighted by molar-refractivity contribution is 0.0572. The van der Waals surface area contributed by atoms with E-state index in [1.54, 1.807) is 0 Å². The number of thiazole rings is 1. The molecule has 0 amide bonds. The summed E-state index contributed by atoms with van der Waals surface area (Å²) in [6, 6.07) is 0. The highest BCUT2D eigenvalue weighted by Crippen LogP contribution is 2.27. The van der Waals surface area contributed by atoms with Crippen molar-refractivity contribution in [3.05, 3.63) is 11.2 Å². The molecular weight excluding hydrogens is 296 g/mol. The Kier molecular flexibility index (Phi) is 3.87. The molecule has 1 aliphatic heterocycles. The van der Waals surface area contributed by atoms with Crippen LogP contribution in [-0.4, -0.2) is 66.3 Å². The van der Waals surface area contributed by atoms with Crippen molar-refractivity contribution in [3.8, 4) is 0 Å². The Labute approximate surface area is 113 Å². The third-order valence-corrected chi connectivity index (χ3v) is 5.89. The monoisotopic (exact) mass is 308 g/mol. The second-order valence-corrected chi connectivity index (χ2v) is 6.92. The maximum Gasteiger partial charge on any atom is 0.358 e. The van der Waals surface area contributed by atoms with Gasteiger partial charge in [0.15, 0.2) is 9.90 Å². The van der Waals surface area contributed by atoms with Crippen molar-refractivity contribution < 1.29 is 28.2 Å². The van der Waals surface area contributed by atoms with Gasteiger partial charge < -0.3 is 14.9 Å². The standard InChI is InChI=1S/C9H12N2O6S2/c1-17-8(14)7-9(18-4-10-7)19(15,16)11-2-5(12)6(13)3-11/h4-6,12-13H,2-3H2,1H3/t5-,6+.